The lowest BCUT2D eigenvalue weighted by atomic mass is 9.85. The van der Waals surface area contributed by atoms with E-state index < -0.39 is 0 Å². The third-order valence-electron chi connectivity index (χ3n) is 3.88. The molecule has 18 heavy (non-hydrogen) atoms. The predicted molar refractivity (Wildman–Crippen MR) is 75.4 cm³/mol. The molecular formula is C15H21N3. The maximum Gasteiger partial charge on any atom is 0.101 e. The van der Waals surface area contributed by atoms with Crippen molar-refractivity contribution in [3.05, 3.63) is 23.8 Å². The highest BCUT2D eigenvalue weighted by Crippen LogP contribution is 2.34. The van der Waals surface area contributed by atoms with E-state index in [0.717, 1.165) is 18.8 Å². The molecule has 1 saturated heterocycles. The summed E-state index contributed by atoms with van der Waals surface area (Å²) < 4.78 is 0. The zero-order valence-corrected chi connectivity index (χ0v) is 11.2. The van der Waals surface area contributed by atoms with Gasteiger partial charge in [0.1, 0.15) is 6.07 Å². The van der Waals surface area contributed by atoms with Gasteiger partial charge in [0.2, 0.25) is 0 Å². The summed E-state index contributed by atoms with van der Waals surface area (Å²) >= 11 is 0. The molecule has 1 aromatic rings. The lowest BCUT2D eigenvalue weighted by Gasteiger charge is -2.26. The molecule has 1 aromatic carbocycles. The largest absolute Gasteiger partial charge is 0.396 e. The van der Waals surface area contributed by atoms with Crippen molar-refractivity contribution in [2.75, 3.05) is 23.7 Å². The van der Waals surface area contributed by atoms with Crippen LogP contribution in [-0.2, 0) is 0 Å². The van der Waals surface area contributed by atoms with E-state index in [9.17, 15) is 0 Å². The zero-order valence-electron chi connectivity index (χ0n) is 11.2. The van der Waals surface area contributed by atoms with Crippen molar-refractivity contribution in [3.63, 3.8) is 0 Å². The zero-order chi connectivity index (χ0) is 13.2. The van der Waals surface area contributed by atoms with Gasteiger partial charge in [-0.15, -0.1) is 0 Å². The molecule has 1 aliphatic heterocycles. The van der Waals surface area contributed by atoms with Gasteiger partial charge in [-0.25, -0.2) is 0 Å². The SMILES string of the molecule is CC1(C)CCCN(c2cccc(C#N)c2N)CC1. The van der Waals surface area contributed by atoms with Crippen LogP contribution in [0.25, 0.3) is 0 Å². The Labute approximate surface area is 109 Å². The number of benzene rings is 1. The van der Waals surface area contributed by atoms with Crippen molar-refractivity contribution in [1.82, 2.24) is 0 Å². The van der Waals surface area contributed by atoms with Gasteiger partial charge in [-0.2, -0.15) is 5.26 Å². The molecule has 1 aliphatic rings. The molecule has 0 aliphatic carbocycles. The molecule has 0 amide bonds. The molecule has 96 valence electrons. The smallest absolute Gasteiger partial charge is 0.101 e. The van der Waals surface area contributed by atoms with Crippen LogP contribution in [0, 0.1) is 16.7 Å². The van der Waals surface area contributed by atoms with Gasteiger partial charge in [0, 0.05) is 13.1 Å². The van der Waals surface area contributed by atoms with Gasteiger partial charge in [0.15, 0.2) is 0 Å². The summed E-state index contributed by atoms with van der Waals surface area (Å²) in [4.78, 5) is 2.32. The number of hydrogen-bond acceptors (Lipinski definition) is 3. The molecule has 1 heterocycles. The third-order valence-corrected chi connectivity index (χ3v) is 3.88. The summed E-state index contributed by atoms with van der Waals surface area (Å²) in [6.45, 7) is 6.70. The molecule has 0 aromatic heterocycles. The Morgan fingerprint density at radius 3 is 2.78 bits per heavy atom. The third kappa shape index (κ3) is 2.59. The number of para-hydroxylation sites is 1. The fourth-order valence-corrected chi connectivity index (χ4v) is 2.59. The van der Waals surface area contributed by atoms with Crippen molar-refractivity contribution in [3.8, 4) is 6.07 Å². The summed E-state index contributed by atoms with van der Waals surface area (Å²) in [5.41, 5.74) is 8.72. The van der Waals surface area contributed by atoms with Gasteiger partial charge in [-0.1, -0.05) is 19.9 Å². The van der Waals surface area contributed by atoms with E-state index in [1.54, 1.807) is 6.07 Å². The number of nitrogen functional groups attached to an aromatic ring is 1. The van der Waals surface area contributed by atoms with Crippen molar-refractivity contribution in [2.45, 2.75) is 33.1 Å². The van der Waals surface area contributed by atoms with Crippen molar-refractivity contribution >= 4 is 11.4 Å². The molecule has 1 fully saturated rings. The Morgan fingerprint density at radius 1 is 1.28 bits per heavy atom. The highest BCUT2D eigenvalue weighted by Gasteiger charge is 2.24. The first kappa shape index (κ1) is 12.8. The van der Waals surface area contributed by atoms with E-state index >= 15 is 0 Å². The molecule has 2 rings (SSSR count). The minimum atomic E-state index is 0.413. The Kier molecular flexibility index (Phi) is 3.47. The fraction of sp³-hybridized carbons (Fsp3) is 0.533. The van der Waals surface area contributed by atoms with Gasteiger partial charge in [0.05, 0.1) is 16.9 Å². The van der Waals surface area contributed by atoms with Crippen molar-refractivity contribution in [1.29, 1.82) is 5.26 Å². The highest BCUT2D eigenvalue weighted by molar-refractivity contribution is 5.74. The minimum Gasteiger partial charge on any atom is -0.396 e. The second kappa shape index (κ2) is 4.89. The second-order valence-corrected chi connectivity index (χ2v) is 5.85. The number of nitrogens with two attached hydrogens (primary N) is 1. The van der Waals surface area contributed by atoms with Crippen LogP contribution in [0.15, 0.2) is 18.2 Å². The van der Waals surface area contributed by atoms with Gasteiger partial charge in [0.25, 0.3) is 0 Å². The highest BCUT2D eigenvalue weighted by atomic mass is 15.1. The van der Waals surface area contributed by atoms with Gasteiger partial charge < -0.3 is 10.6 Å². The van der Waals surface area contributed by atoms with E-state index in [1.165, 1.54) is 19.3 Å². The molecule has 0 spiro atoms. The molecule has 3 nitrogen and oxygen atoms in total. The van der Waals surface area contributed by atoms with Crippen LogP contribution in [0.4, 0.5) is 11.4 Å². The van der Waals surface area contributed by atoms with Gasteiger partial charge >= 0.3 is 0 Å². The van der Waals surface area contributed by atoms with Gasteiger partial charge in [-0.05, 0) is 36.8 Å². The number of anilines is 2. The molecule has 0 radical (unpaired) electrons. The maximum atomic E-state index is 9.03. The Balaban J connectivity index is 2.25. The Morgan fingerprint density at radius 2 is 2.06 bits per heavy atom. The average molecular weight is 243 g/mol. The average Bonchev–Trinajstić information content (AvgIpc) is 2.51. The summed E-state index contributed by atoms with van der Waals surface area (Å²) in [7, 11) is 0. The van der Waals surface area contributed by atoms with E-state index in [2.05, 4.69) is 24.8 Å². The number of rotatable bonds is 1. The van der Waals surface area contributed by atoms with Crippen LogP contribution in [-0.4, -0.2) is 13.1 Å². The van der Waals surface area contributed by atoms with Crippen LogP contribution in [0.1, 0.15) is 38.7 Å². The molecular weight excluding hydrogens is 222 g/mol. The predicted octanol–water partition coefficient (Wildman–Crippen LogP) is 3.16. The standard InChI is InChI=1S/C15H21N3/c1-15(2)7-4-9-18(10-8-15)13-6-3-5-12(11-16)14(13)17/h3,5-6H,4,7-10,17H2,1-2H3. The van der Waals surface area contributed by atoms with Crippen LogP contribution < -0.4 is 10.6 Å². The first-order chi connectivity index (χ1) is 8.53. The summed E-state index contributed by atoms with van der Waals surface area (Å²) in [5.74, 6) is 0. The lowest BCUT2D eigenvalue weighted by molar-refractivity contribution is 0.325. The van der Waals surface area contributed by atoms with E-state index in [1.807, 2.05) is 12.1 Å². The minimum absolute atomic E-state index is 0.413. The van der Waals surface area contributed by atoms with Crippen molar-refractivity contribution < 1.29 is 0 Å². The van der Waals surface area contributed by atoms with Crippen LogP contribution in [0.3, 0.4) is 0 Å². The van der Waals surface area contributed by atoms with Crippen LogP contribution in [0.2, 0.25) is 0 Å². The number of nitrogens with zero attached hydrogens (tertiary/aromatic N) is 2. The van der Waals surface area contributed by atoms with Gasteiger partial charge in [-0.3, -0.25) is 0 Å². The van der Waals surface area contributed by atoms with E-state index in [0.29, 0.717) is 16.7 Å². The number of hydrogen-bond donors (Lipinski definition) is 1. The maximum absolute atomic E-state index is 9.03. The summed E-state index contributed by atoms with van der Waals surface area (Å²) in [5, 5.41) is 9.03. The molecule has 0 atom stereocenters. The molecule has 2 N–H and O–H groups in total. The van der Waals surface area contributed by atoms with Crippen LogP contribution >= 0.6 is 0 Å². The second-order valence-electron chi connectivity index (χ2n) is 5.85. The van der Waals surface area contributed by atoms with Crippen LogP contribution in [0.5, 0.6) is 0 Å². The van der Waals surface area contributed by atoms with E-state index in [-0.39, 0.29) is 0 Å². The lowest BCUT2D eigenvalue weighted by Crippen LogP contribution is -2.26. The molecule has 0 unspecified atom stereocenters. The Bertz CT molecular complexity index is 471. The summed E-state index contributed by atoms with van der Waals surface area (Å²) in [6.07, 6.45) is 3.60. The first-order valence-electron chi connectivity index (χ1n) is 6.57. The molecule has 0 saturated carbocycles. The fourth-order valence-electron chi connectivity index (χ4n) is 2.59. The first-order valence-corrected chi connectivity index (χ1v) is 6.57. The molecule has 3 heteroatoms. The Hall–Kier alpha value is -1.69. The monoisotopic (exact) mass is 243 g/mol. The van der Waals surface area contributed by atoms with E-state index in [4.69, 9.17) is 11.0 Å². The normalized spacial score (nSPS) is 19.1. The topological polar surface area (TPSA) is 53.0 Å². The van der Waals surface area contributed by atoms with Crippen molar-refractivity contribution in [2.24, 2.45) is 5.41 Å². The summed E-state index contributed by atoms with van der Waals surface area (Å²) in [6, 6.07) is 7.87. The number of nitriles is 1. The molecule has 0 bridgehead atoms. The quantitative estimate of drug-likeness (QED) is 0.771.